The van der Waals surface area contributed by atoms with E-state index in [0.717, 1.165) is 38.9 Å². The molecule has 3 heterocycles. The summed E-state index contributed by atoms with van der Waals surface area (Å²) in [6, 6.07) is 45.9. The predicted octanol–water partition coefficient (Wildman–Crippen LogP) is 9.97. The van der Waals surface area contributed by atoms with Crippen LogP contribution in [0, 0.1) is 0 Å². The van der Waals surface area contributed by atoms with Gasteiger partial charge in [-0.1, -0.05) is 109 Å². The summed E-state index contributed by atoms with van der Waals surface area (Å²) in [4.78, 5) is 19.1. The van der Waals surface area contributed by atoms with Gasteiger partial charge in [-0.3, -0.25) is 4.98 Å². The summed E-state index contributed by atoms with van der Waals surface area (Å²) in [6.45, 7) is 0. The van der Waals surface area contributed by atoms with Crippen molar-refractivity contribution in [3.63, 3.8) is 0 Å². The molecule has 0 amide bonds. The van der Waals surface area contributed by atoms with E-state index < -0.39 is 0 Å². The quantitative estimate of drug-likeness (QED) is 0.207. The number of thiophene rings is 1. The number of pyridine rings is 1. The average molecular weight is 569 g/mol. The summed E-state index contributed by atoms with van der Waals surface area (Å²) < 4.78 is 2.61. The fraction of sp³-hybridized carbons (Fsp3) is 0. The minimum Gasteiger partial charge on any atom is -0.263 e. The van der Waals surface area contributed by atoms with Crippen molar-refractivity contribution < 1.29 is 0 Å². The van der Waals surface area contributed by atoms with Gasteiger partial charge in [0.05, 0.1) is 0 Å². The van der Waals surface area contributed by atoms with E-state index >= 15 is 0 Å². The third-order valence-corrected chi connectivity index (χ3v) is 8.78. The fourth-order valence-corrected chi connectivity index (χ4v) is 6.50. The van der Waals surface area contributed by atoms with Crippen LogP contribution in [0.1, 0.15) is 0 Å². The summed E-state index contributed by atoms with van der Waals surface area (Å²) in [5.41, 5.74) is 7.24. The van der Waals surface area contributed by atoms with Gasteiger partial charge >= 0.3 is 0 Å². The number of rotatable bonds is 5. The molecule has 0 fully saturated rings. The molecule has 0 aliphatic heterocycles. The van der Waals surface area contributed by atoms with Gasteiger partial charge in [0.1, 0.15) is 0 Å². The minimum absolute atomic E-state index is 0.641. The molecule has 3 aromatic heterocycles. The summed E-state index contributed by atoms with van der Waals surface area (Å²) in [6.07, 6.45) is 3.86. The van der Waals surface area contributed by atoms with Gasteiger partial charge < -0.3 is 0 Å². The monoisotopic (exact) mass is 568 g/mol. The zero-order valence-corrected chi connectivity index (χ0v) is 23.9. The lowest BCUT2D eigenvalue weighted by atomic mass is 10.00. The van der Waals surface area contributed by atoms with Gasteiger partial charge in [-0.25, -0.2) is 15.0 Å². The molecule has 8 rings (SSSR count). The summed E-state index contributed by atoms with van der Waals surface area (Å²) in [5.74, 6) is 1.95. The van der Waals surface area contributed by atoms with Crippen molar-refractivity contribution in [1.29, 1.82) is 0 Å². The summed E-state index contributed by atoms with van der Waals surface area (Å²) >= 11 is 1.83. The first-order valence-corrected chi connectivity index (χ1v) is 14.9. The van der Waals surface area contributed by atoms with E-state index in [4.69, 9.17) is 15.0 Å². The predicted molar refractivity (Wildman–Crippen MR) is 178 cm³/mol. The van der Waals surface area contributed by atoms with Crippen LogP contribution in [0.2, 0.25) is 0 Å². The van der Waals surface area contributed by atoms with Gasteiger partial charge in [0.25, 0.3) is 0 Å². The molecular weight excluding hydrogens is 545 g/mol. The highest BCUT2D eigenvalue weighted by Crippen LogP contribution is 2.37. The first kappa shape index (κ1) is 25.2. The highest BCUT2D eigenvalue weighted by atomic mass is 32.1. The topological polar surface area (TPSA) is 51.6 Å². The molecule has 5 heteroatoms. The smallest absolute Gasteiger partial charge is 0.164 e. The van der Waals surface area contributed by atoms with Crippen LogP contribution in [0.5, 0.6) is 0 Å². The average Bonchev–Trinajstić information content (AvgIpc) is 3.47. The van der Waals surface area contributed by atoms with E-state index in [1.807, 2.05) is 84.4 Å². The van der Waals surface area contributed by atoms with Crippen molar-refractivity contribution in [3.05, 3.63) is 146 Å². The van der Waals surface area contributed by atoms with Crippen molar-refractivity contribution in [2.24, 2.45) is 0 Å². The van der Waals surface area contributed by atoms with Gasteiger partial charge in [0.15, 0.2) is 17.5 Å². The van der Waals surface area contributed by atoms with E-state index in [1.165, 1.54) is 20.2 Å². The Bertz CT molecular complexity index is 2170. The van der Waals surface area contributed by atoms with Crippen molar-refractivity contribution in [1.82, 2.24) is 19.9 Å². The zero-order chi connectivity index (χ0) is 28.6. The van der Waals surface area contributed by atoms with Crippen LogP contribution in [0.15, 0.2) is 146 Å². The second kappa shape index (κ2) is 10.7. The Labute approximate surface area is 253 Å². The lowest BCUT2D eigenvalue weighted by Gasteiger charge is -2.09. The molecular formula is C38H24N4S. The molecule has 0 saturated heterocycles. The molecule has 0 atom stereocenters. The highest BCUT2D eigenvalue weighted by molar-refractivity contribution is 7.25. The van der Waals surface area contributed by atoms with Gasteiger partial charge in [0, 0.05) is 60.4 Å². The maximum absolute atomic E-state index is 4.86. The molecule has 43 heavy (non-hydrogen) atoms. The molecule has 0 bridgehead atoms. The van der Waals surface area contributed by atoms with Crippen molar-refractivity contribution in [3.8, 4) is 56.4 Å². The third kappa shape index (κ3) is 4.86. The summed E-state index contributed by atoms with van der Waals surface area (Å²) in [5, 5.41) is 2.59. The number of aromatic nitrogens is 4. The fourth-order valence-electron chi connectivity index (χ4n) is 5.41. The van der Waals surface area contributed by atoms with Crippen LogP contribution < -0.4 is 0 Å². The molecule has 0 radical (unpaired) electrons. The Hall–Kier alpha value is -5.52. The molecule has 0 unspecified atom stereocenters. The number of fused-ring (bicyclic) bond motifs is 3. The first-order chi connectivity index (χ1) is 21.3. The Morgan fingerprint density at radius 2 is 0.837 bits per heavy atom. The minimum atomic E-state index is 0.641. The van der Waals surface area contributed by atoms with Crippen LogP contribution in [-0.4, -0.2) is 19.9 Å². The second-order valence-corrected chi connectivity index (χ2v) is 11.5. The number of hydrogen-bond acceptors (Lipinski definition) is 5. The Balaban J connectivity index is 1.15. The van der Waals surface area contributed by atoms with Gasteiger partial charge in [-0.15, -0.1) is 11.3 Å². The van der Waals surface area contributed by atoms with Crippen LogP contribution in [-0.2, 0) is 0 Å². The van der Waals surface area contributed by atoms with E-state index in [2.05, 4.69) is 77.8 Å². The van der Waals surface area contributed by atoms with Crippen LogP contribution in [0.3, 0.4) is 0 Å². The van der Waals surface area contributed by atoms with Gasteiger partial charge in [-0.2, -0.15) is 0 Å². The highest BCUT2D eigenvalue weighted by Gasteiger charge is 2.13. The Kier molecular flexibility index (Phi) is 6.28. The van der Waals surface area contributed by atoms with E-state index in [0.29, 0.717) is 17.5 Å². The largest absolute Gasteiger partial charge is 0.263 e. The van der Waals surface area contributed by atoms with Crippen LogP contribution >= 0.6 is 11.3 Å². The molecule has 8 aromatic rings. The lowest BCUT2D eigenvalue weighted by molar-refractivity contribution is 1.07. The number of nitrogens with zero attached hydrogens (tertiary/aromatic N) is 4. The number of benzene rings is 5. The zero-order valence-electron chi connectivity index (χ0n) is 23.1. The van der Waals surface area contributed by atoms with E-state index in [9.17, 15) is 0 Å². The molecule has 0 saturated carbocycles. The van der Waals surface area contributed by atoms with Crippen molar-refractivity contribution >= 4 is 31.5 Å². The lowest BCUT2D eigenvalue weighted by Crippen LogP contribution is -2.00. The van der Waals surface area contributed by atoms with Gasteiger partial charge in [-0.05, 0) is 35.4 Å². The Morgan fingerprint density at radius 3 is 1.49 bits per heavy atom. The van der Waals surface area contributed by atoms with E-state index in [1.54, 1.807) is 0 Å². The van der Waals surface area contributed by atoms with Crippen molar-refractivity contribution in [2.75, 3.05) is 0 Å². The second-order valence-electron chi connectivity index (χ2n) is 10.4. The molecule has 202 valence electrons. The van der Waals surface area contributed by atoms with Gasteiger partial charge in [0.2, 0.25) is 0 Å². The molecule has 0 N–H and O–H groups in total. The normalized spacial score (nSPS) is 11.3. The standard InChI is InChI=1S/C38H24N4S/c1-3-9-26(10-4-1)36-40-37(27-11-5-2-6-12-27)42-38(41-36)28-17-15-25(16-18-28)30-21-31(24-39-23-30)29-19-20-35-33(22-29)32-13-7-8-14-34(32)43-35/h1-24H. The van der Waals surface area contributed by atoms with Crippen LogP contribution in [0.4, 0.5) is 0 Å². The molecule has 0 aliphatic rings. The van der Waals surface area contributed by atoms with Crippen molar-refractivity contribution in [2.45, 2.75) is 0 Å². The third-order valence-electron chi connectivity index (χ3n) is 7.62. The van der Waals surface area contributed by atoms with Crippen LogP contribution in [0.25, 0.3) is 76.6 Å². The molecule has 4 nitrogen and oxygen atoms in total. The molecule has 0 aliphatic carbocycles. The Morgan fingerprint density at radius 1 is 0.349 bits per heavy atom. The SMILES string of the molecule is c1ccc(-c2nc(-c3ccccc3)nc(-c3ccc(-c4cncc(-c5ccc6sc7ccccc7c6c5)c4)cc3)n2)cc1. The molecule has 0 spiro atoms. The maximum atomic E-state index is 4.86. The molecule has 5 aromatic carbocycles. The first-order valence-electron chi connectivity index (χ1n) is 14.1. The summed E-state index contributed by atoms with van der Waals surface area (Å²) in [7, 11) is 0. The number of hydrogen-bond donors (Lipinski definition) is 0. The van der Waals surface area contributed by atoms with E-state index in [-0.39, 0.29) is 0 Å². The maximum Gasteiger partial charge on any atom is 0.164 e.